The molecule has 4 rings (SSSR count). The number of ether oxygens (including phenoxy) is 5. The first-order chi connectivity index (χ1) is 18.0. The molecular weight excluding hydrogens is 476 g/mol. The van der Waals surface area contributed by atoms with E-state index in [2.05, 4.69) is 0 Å². The average molecular weight is 505 g/mol. The van der Waals surface area contributed by atoms with E-state index in [1.54, 1.807) is 91.0 Å². The highest BCUT2D eigenvalue weighted by Gasteiger charge is 2.67. The van der Waals surface area contributed by atoms with Crippen molar-refractivity contribution >= 4 is 17.9 Å². The van der Waals surface area contributed by atoms with Crippen LogP contribution in [-0.4, -0.2) is 56.7 Å². The summed E-state index contributed by atoms with van der Waals surface area (Å²) >= 11 is 0. The van der Waals surface area contributed by atoms with Gasteiger partial charge in [0, 0.05) is 26.6 Å². The number of hydrogen-bond donors (Lipinski definition) is 0. The monoisotopic (exact) mass is 504 g/mol. The van der Waals surface area contributed by atoms with Gasteiger partial charge in [0.15, 0.2) is 18.0 Å². The number of benzene rings is 3. The van der Waals surface area contributed by atoms with Gasteiger partial charge in [-0.05, 0) is 36.4 Å². The molecule has 0 N–H and O–H groups in total. The Labute approximate surface area is 215 Å². The molecule has 1 fully saturated rings. The first kappa shape index (κ1) is 26.1. The molecule has 0 radical (unpaired) electrons. The lowest BCUT2D eigenvalue weighted by Gasteiger charge is -2.32. The van der Waals surface area contributed by atoms with Gasteiger partial charge in [-0.2, -0.15) is 0 Å². The minimum absolute atomic E-state index is 0.0602. The predicted molar refractivity (Wildman–Crippen MR) is 133 cm³/mol. The third-order valence-corrected chi connectivity index (χ3v) is 6.25. The van der Waals surface area contributed by atoms with Gasteiger partial charge in [-0.3, -0.25) is 0 Å². The number of esters is 3. The standard InChI is InChI=1S/C29H28O8/c1-33-28(34-2)24(36-26(31)21-14-8-4-9-15-21)29(37-27(32)22-16-10-5-11-17-22)18-23(29)19-35-25(30)20-12-6-3-7-13-20/h3-17,23-24,28H,18-19H2,1-2H3/t23-,24?,29+/m1/s1. The largest absolute Gasteiger partial charge is 0.462 e. The SMILES string of the molecule is COC(OC)C(OC(=O)c1ccccc1)[C@]1(OC(=O)c2ccccc2)C[C@@H]1COC(=O)c1ccccc1. The van der Waals surface area contributed by atoms with Crippen LogP contribution in [0, 0.1) is 5.92 Å². The minimum atomic E-state index is -1.34. The topological polar surface area (TPSA) is 97.4 Å². The van der Waals surface area contributed by atoms with E-state index in [-0.39, 0.29) is 13.0 Å². The molecule has 1 saturated carbocycles. The summed E-state index contributed by atoms with van der Waals surface area (Å²) in [5.74, 6) is -2.21. The van der Waals surface area contributed by atoms with Crippen LogP contribution in [0.4, 0.5) is 0 Å². The van der Waals surface area contributed by atoms with Gasteiger partial charge >= 0.3 is 17.9 Å². The highest BCUT2D eigenvalue weighted by Crippen LogP contribution is 2.52. The summed E-state index contributed by atoms with van der Waals surface area (Å²) in [4.78, 5) is 38.7. The summed E-state index contributed by atoms with van der Waals surface area (Å²) < 4.78 is 28.3. The van der Waals surface area contributed by atoms with Crippen LogP contribution >= 0.6 is 0 Å². The van der Waals surface area contributed by atoms with Gasteiger partial charge in [0.25, 0.3) is 0 Å². The molecule has 1 unspecified atom stereocenters. The first-order valence-corrected chi connectivity index (χ1v) is 11.8. The van der Waals surface area contributed by atoms with Crippen LogP contribution < -0.4 is 0 Å². The van der Waals surface area contributed by atoms with Crippen LogP contribution in [0.3, 0.4) is 0 Å². The van der Waals surface area contributed by atoms with Crippen molar-refractivity contribution in [2.75, 3.05) is 20.8 Å². The summed E-state index contributed by atoms with van der Waals surface area (Å²) in [6.45, 7) is -0.0602. The van der Waals surface area contributed by atoms with Gasteiger partial charge in [-0.1, -0.05) is 54.6 Å². The molecule has 3 aromatic carbocycles. The van der Waals surface area contributed by atoms with Crippen LogP contribution in [-0.2, 0) is 23.7 Å². The smallest absolute Gasteiger partial charge is 0.338 e. The molecule has 0 bridgehead atoms. The van der Waals surface area contributed by atoms with Gasteiger partial charge in [0.1, 0.15) is 0 Å². The normalized spacial score (nSPS) is 19.1. The Morgan fingerprint density at radius 1 is 0.730 bits per heavy atom. The van der Waals surface area contributed by atoms with Crippen molar-refractivity contribution in [2.24, 2.45) is 5.92 Å². The van der Waals surface area contributed by atoms with Crippen LogP contribution in [0.25, 0.3) is 0 Å². The quantitative estimate of drug-likeness (QED) is 0.217. The molecule has 3 atom stereocenters. The predicted octanol–water partition coefficient (Wildman–Crippen LogP) is 4.30. The van der Waals surface area contributed by atoms with E-state index in [0.717, 1.165) is 0 Å². The molecule has 0 heterocycles. The van der Waals surface area contributed by atoms with Crippen molar-refractivity contribution in [1.29, 1.82) is 0 Å². The summed E-state index contributed by atoms with van der Waals surface area (Å²) in [6, 6.07) is 25.5. The first-order valence-electron chi connectivity index (χ1n) is 11.8. The molecular formula is C29H28O8. The Morgan fingerprint density at radius 3 is 1.68 bits per heavy atom. The zero-order chi connectivity index (χ0) is 26.3. The fraction of sp³-hybridized carbons (Fsp3) is 0.276. The molecule has 0 amide bonds. The second-order valence-corrected chi connectivity index (χ2v) is 8.61. The molecule has 0 spiro atoms. The fourth-order valence-corrected chi connectivity index (χ4v) is 4.18. The van der Waals surface area contributed by atoms with Crippen LogP contribution in [0.2, 0.25) is 0 Å². The number of hydrogen-bond acceptors (Lipinski definition) is 8. The van der Waals surface area contributed by atoms with Crippen LogP contribution in [0.5, 0.6) is 0 Å². The van der Waals surface area contributed by atoms with E-state index in [4.69, 9.17) is 23.7 Å². The molecule has 1 aliphatic rings. The minimum Gasteiger partial charge on any atom is -0.462 e. The summed E-state index contributed by atoms with van der Waals surface area (Å²) in [6.07, 6.45) is -1.92. The summed E-state index contributed by atoms with van der Waals surface area (Å²) in [5.41, 5.74) is -0.303. The average Bonchev–Trinajstić information content (AvgIpc) is 3.66. The van der Waals surface area contributed by atoms with E-state index in [1.807, 2.05) is 0 Å². The van der Waals surface area contributed by atoms with E-state index >= 15 is 0 Å². The zero-order valence-corrected chi connectivity index (χ0v) is 20.6. The third-order valence-electron chi connectivity index (χ3n) is 6.25. The van der Waals surface area contributed by atoms with Gasteiger partial charge in [-0.25, -0.2) is 14.4 Å². The van der Waals surface area contributed by atoms with Crippen molar-refractivity contribution in [3.8, 4) is 0 Å². The molecule has 0 saturated heterocycles. The highest BCUT2D eigenvalue weighted by atomic mass is 16.7. The van der Waals surface area contributed by atoms with Crippen LogP contribution in [0.1, 0.15) is 37.5 Å². The van der Waals surface area contributed by atoms with Crippen molar-refractivity contribution in [3.05, 3.63) is 108 Å². The lowest BCUT2D eigenvalue weighted by Crippen LogP contribution is -2.48. The molecule has 8 nitrogen and oxygen atoms in total. The number of carbonyl (C=O) groups excluding carboxylic acids is 3. The lowest BCUT2D eigenvalue weighted by molar-refractivity contribution is -0.201. The van der Waals surface area contributed by atoms with Gasteiger partial charge in [0.05, 0.1) is 23.3 Å². The van der Waals surface area contributed by atoms with E-state index in [0.29, 0.717) is 16.7 Å². The number of methoxy groups -OCH3 is 2. The molecule has 8 heteroatoms. The zero-order valence-electron chi connectivity index (χ0n) is 20.6. The Bertz CT molecular complexity index is 1190. The Balaban J connectivity index is 1.60. The van der Waals surface area contributed by atoms with Crippen LogP contribution in [0.15, 0.2) is 91.0 Å². The maximum atomic E-state index is 13.1. The van der Waals surface area contributed by atoms with E-state index in [1.165, 1.54) is 14.2 Å². The van der Waals surface area contributed by atoms with Crippen molar-refractivity contribution in [2.45, 2.75) is 24.4 Å². The Hall–Kier alpha value is -4.01. The summed E-state index contributed by atoms with van der Waals surface area (Å²) in [7, 11) is 2.80. The molecule has 3 aromatic rings. The number of rotatable bonds is 11. The molecule has 0 aromatic heterocycles. The van der Waals surface area contributed by atoms with Crippen molar-refractivity contribution < 1.29 is 38.1 Å². The maximum absolute atomic E-state index is 13.1. The van der Waals surface area contributed by atoms with Crippen molar-refractivity contribution in [3.63, 3.8) is 0 Å². The molecule has 37 heavy (non-hydrogen) atoms. The second kappa shape index (κ2) is 11.8. The third kappa shape index (κ3) is 6.04. The van der Waals surface area contributed by atoms with E-state index < -0.39 is 41.8 Å². The molecule has 192 valence electrons. The second-order valence-electron chi connectivity index (χ2n) is 8.61. The van der Waals surface area contributed by atoms with Gasteiger partial charge < -0.3 is 23.7 Å². The lowest BCUT2D eigenvalue weighted by atomic mass is 10.1. The Morgan fingerprint density at radius 2 is 1.19 bits per heavy atom. The summed E-state index contributed by atoms with van der Waals surface area (Å²) in [5, 5.41) is 0. The number of carbonyl (C=O) groups is 3. The highest BCUT2D eigenvalue weighted by molar-refractivity contribution is 5.91. The van der Waals surface area contributed by atoms with Gasteiger partial charge in [0.2, 0.25) is 0 Å². The Kier molecular flexibility index (Phi) is 8.32. The molecule has 1 aliphatic carbocycles. The van der Waals surface area contributed by atoms with Crippen molar-refractivity contribution in [1.82, 2.24) is 0 Å². The molecule has 0 aliphatic heterocycles. The maximum Gasteiger partial charge on any atom is 0.338 e. The van der Waals surface area contributed by atoms with Gasteiger partial charge in [-0.15, -0.1) is 0 Å². The van der Waals surface area contributed by atoms with E-state index in [9.17, 15) is 14.4 Å². The fourth-order valence-electron chi connectivity index (χ4n) is 4.18.